The number of halogens is 15. The van der Waals surface area contributed by atoms with E-state index in [-0.39, 0.29) is 22.3 Å². The van der Waals surface area contributed by atoms with Crippen LogP contribution < -0.4 is 0 Å². The average Bonchev–Trinajstić information content (AvgIpc) is 1.76. The maximum absolute atomic E-state index is 18.2. The number of benzene rings is 5. The monoisotopic (exact) mass is 1120 g/mol. The number of nitrogens with zero attached hydrogens (tertiary/aromatic N) is 8. The Kier molecular flexibility index (Phi) is 13.7. The van der Waals surface area contributed by atoms with Crippen LogP contribution in [0.4, 0.5) is 65.9 Å². The summed E-state index contributed by atoms with van der Waals surface area (Å²) in [6, 6.07) is 20.5. The Morgan fingerprint density at radius 1 is 0.370 bits per heavy atom. The molecule has 5 aromatic rings. The molecule has 8 nitrogen and oxygen atoms in total. The largest absolute Gasteiger partial charge is 0.246 e. The first kappa shape index (κ1) is 55.0. The van der Waals surface area contributed by atoms with Gasteiger partial charge < -0.3 is 0 Å². The molecule has 23 heteroatoms. The Bertz CT molecular complexity index is 3790. The number of hydrogen-bond acceptors (Lipinski definition) is 8. The highest BCUT2D eigenvalue weighted by atomic mass is 19.2. The first-order valence-corrected chi connectivity index (χ1v) is 24.3. The van der Waals surface area contributed by atoms with Gasteiger partial charge >= 0.3 is 0 Å². The van der Waals surface area contributed by atoms with E-state index in [2.05, 4.69) is 0 Å². The van der Waals surface area contributed by atoms with Gasteiger partial charge in [-0.1, -0.05) is 24.3 Å². The molecule has 0 spiro atoms. The van der Waals surface area contributed by atoms with Crippen LogP contribution in [0.25, 0.3) is 5.57 Å². The summed E-state index contributed by atoms with van der Waals surface area (Å²) in [5.41, 5.74) is -15.3. The van der Waals surface area contributed by atoms with Gasteiger partial charge in [0.15, 0.2) is 76.0 Å². The number of rotatable bonds is 5. The third-order valence-corrected chi connectivity index (χ3v) is 17.6. The lowest BCUT2D eigenvalue weighted by Crippen LogP contribution is -2.63. The fraction of sp³-hybridized carbons (Fsp3) is 0.310. The molecule has 0 amide bonds. The minimum atomic E-state index is -3.29. The van der Waals surface area contributed by atoms with Crippen LogP contribution in [0.2, 0.25) is 0 Å². The predicted molar refractivity (Wildman–Crippen MR) is 244 cm³/mol. The molecule has 0 N–H and O–H groups in total. The minimum Gasteiger partial charge on any atom is -0.246 e. The first-order valence-electron chi connectivity index (χ1n) is 24.3. The molecule has 5 saturated carbocycles. The number of fused-ring (bicyclic) bond motifs is 4. The quantitative estimate of drug-likeness (QED) is 0.123. The van der Waals surface area contributed by atoms with Gasteiger partial charge in [0, 0.05) is 34.8 Å². The van der Waals surface area contributed by atoms with Crippen molar-refractivity contribution in [2.24, 2.45) is 65.1 Å². The third-order valence-electron chi connectivity index (χ3n) is 17.6. The summed E-state index contributed by atoms with van der Waals surface area (Å²) in [4.78, 5) is 0. The standard InChI is InChI=1S/C58H27F15N8/c59-44-26(14-78)45(60)52(67)40-38(43-57(72)50(65)29(17-81)51(66)58(43)73)35-30(20-5-1-18(10-74)2-6-20)24(12-76)22-9-23-32(36(33(22)35)39(40)44)25(13-77)31(21-7-3-19(11-75)4-8-21)34(23)37(41-53(68)46(61)27(15-79)47(62)54(41)69)42-55(70)48(63)28(16-80)49(64)56(42)71/h1-8,22-26,30-33,35-36,38-40,44-45,52H,9H2. The molecule has 5 aliphatic carbocycles. The Hall–Kier alpha value is -9.29. The van der Waals surface area contributed by atoms with Crippen molar-refractivity contribution in [2.75, 3.05) is 0 Å². The number of hydrogen-bond donors (Lipinski definition) is 0. The fourth-order valence-corrected chi connectivity index (χ4v) is 14.9. The van der Waals surface area contributed by atoms with Crippen molar-refractivity contribution in [2.45, 2.75) is 42.7 Å². The molecular weight excluding hydrogens is 1090 g/mol. The second-order valence-electron chi connectivity index (χ2n) is 20.5. The van der Waals surface area contributed by atoms with Crippen LogP contribution in [0, 0.1) is 226 Å². The highest BCUT2D eigenvalue weighted by Crippen LogP contribution is 2.76. The van der Waals surface area contributed by atoms with Gasteiger partial charge in [0.05, 0.1) is 64.4 Å². The topological polar surface area (TPSA) is 190 Å². The zero-order chi connectivity index (χ0) is 58.7. The van der Waals surface area contributed by atoms with Crippen molar-refractivity contribution in [1.29, 1.82) is 42.1 Å². The van der Waals surface area contributed by atoms with Gasteiger partial charge in [-0.05, 0) is 88.8 Å². The van der Waals surface area contributed by atoms with E-state index in [1.807, 2.05) is 18.2 Å². The van der Waals surface area contributed by atoms with Crippen LogP contribution >= 0.6 is 0 Å². The van der Waals surface area contributed by atoms with E-state index in [1.165, 1.54) is 30.3 Å². The molecule has 0 aromatic heterocycles. The second-order valence-corrected chi connectivity index (χ2v) is 20.5. The summed E-state index contributed by atoms with van der Waals surface area (Å²) in [6.45, 7) is 0. The van der Waals surface area contributed by atoms with Gasteiger partial charge in [-0.15, -0.1) is 0 Å². The molecule has 5 fully saturated rings. The van der Waals surface area contributed by atoms with Crippen LogP contribution in [0.5, 0.6) is 0 Å². The van der Waals surface area contributed by atoms with Gasteiger partial charge in [0.1, 0.15) is 53.2 Å². The van der Waals surface area contributed by atoms with E-state index in [0.717, 1.165) is 42.5 Å². The Morgan fingerprint density at radius 2 is 0.790 bits per heavy atom. The van der Waals surface area contributed by atoms with Crippen LogP contribution in [-0.4, -0.2) is 18.5 Å². The van der Waals surface area contributed by atoms with E-state index in [1.54, 1.807) is 6.07 Å². The lowest BCUT2D eigenvalue weighted by atomic mass is 9.43. The van der Waals surface area contributed by atoms with Crippen LogP contribution in [-0.2, 0) is 0 Å². The summed E-state index contributed by atoms with van der Waals surface area (Å²) >= 11 is 0. The fourth-order valence-electron chi connectivity index (χ4n) is 14.9. The Morgan fingerprint density at radius 3 is 1.20 bits per heavy atom. The maximum atomic E-state index is 18.2. The van der Waals surface area contributed by atoms with Crippen molar-refractivity contribution in [3.8, 4) is 48.6 Å². The van der Waals surface area contributed by atoms with Crippen molar-refractivity contribution >= 4 is 5.57 Å². The van der Waals surface area contributed by atoms with Crippen molar-refractivity contribution < 1.29 is 65.9 Å². The highest BCUT2D eigenvalue weighted by Gasteiger charge is 2.74. The van der Waals surface area contributed by atoms with Crippen molar-refractivity contribution in [1.82, 2.24) is 0 Å². The van der Waals surface area contributed by atoms with E-state index in [9.17, 15) is 42.1 Å². The lowest BCUT2D eigenvalue weighted by molar-refractivity contribution is -0.161. The minimum absolute atomic E-state index is 0.0545. The van der Waals surface area contributed by atoms with E-state index in [4.69, 9.17) is 0 Å². The zero-order valence-corrected chi connectivity index (χ0v) is 40.4. The van der Waals surface area contributed by atoms with Gasteiger partial charge in [0.2, 0.25) is 0 Å². The molecule has 5 aromatic carbocycles. The zero-order valence-electron chi connectivity index (χ0n) is 40.4. The SMILES string of the molecule is N#Cc1ccc(C2C(=C(c3c(F)c(F)c(C#N)c(F)c3F)c3c(F)c(F)c(C#N)c(F)c3F)C3CC4C(C#N)C(c5ccc(C#N)cc5)C5C(c6c(F)c(F)c(C#N)c(F)c6F)C6C(F)C(F)C(C#N)C(F)C6C(C3C2C#N)C45)cc1. The molecule has 17 unspecified atom stereocenters. The van der Waals surface area contributed by atoms with E-state index >= 15 is 65.9 Å². The number of alkyl halides is 3. The predicted octanol–water partition coefficient (Wildman–Crippen LogP) is 12.7. The Balaban J connectivity index is 1.41. The number of nitriles is 8. The molecule has 81 heavy (non-hydrogen) atoms. The van der Waals surface area contributed by atoms with Crippen molar-refractivity contribution in [3.05, 3.63) is 180 Å². The molecular formula is C58H27F15N8. The lowest BCUT2D eigenvalue weighted by Gasteiger charge is -2.61. The molecule has 10 rings (SSSR count). The second kappa shape index (κ2) is 20.1. The summed E-state index contributed by atoms with van der Waals surface area (Å²) in [5.74, 6) is -59.4. The molecule has 0 radical (unpaired) electrons. The van der Waals surface area contributed by atoms with E-state index < -0.39 is 222 Å². The Labute approximate surface area is 448 Å². The molecule has 5 aliphatic rings. The number of allylic oxidation sites excluding steroid dienone is 1. The van der Waals surface area contributed by atoms with Gasteiger partial charge in [-0.2, -0.15) is 42.1 Å². The van der Waals surface area contributed by atoms with E-state index in [0.29, 0.717) is 0 Å². The summed E-state index contributed by atoms with van der Waals surface area (Å²) in [7, 11) is 0. The third kappa shape index (κ3) is 7.52. The first-order chi connectivity index (χ1) is 38.7. The van der Waals surface area contributed by atoms with Crippen LogP contribution in [0.1, 0.15) is 79.8 Å². The molecule has 17 atom stereocenters. The molecule has 404 valence electrons. The van der Waals surface area contributed by atoms with Crippen LogP contribution in [0.3, 0.4) is 0 Å². The molecule has 0 bridgehead atoms. The highest BCUT2D eigenvalue weighted by molar-refractivity contribution is 5.86. The molecule has 0 saturated heterocycles. The maximum Gasteiger partial charge on any atom is 0.180 e. The average molecular weight is 1120 g/mol. The smallest absolute Gasteiger partial charge is 0.180 e. The van der Waals surface area contributed by atoms with Gasteiger partial charge in [0.25, 0.3) is 0 Å². The normalized spacial score (nSPS) is 30.4. The summed E-state index contributed by atoms with van der Waals surface area (Å²) in [6.07, 6.45) is -10.5. The van der Waals surface area contributed by atoms with Gasteiger partial charge in [-0.3, -0.25) is 0 Å². The van der Waals surface area contributed by atoms with Gasteiger partial charge in [-0.25, -0.2) is 65.9 Å². The molecule has 0 heterocycles. The summed E-state index contributed by atoms with van der Waals surface area (Å²) < 4.78 is 251. The summed E-state index contributed by atoms with van der Waals surface area (Å²) in [5, 5.41) is 81.5. The molecule has 0 aliphatic heterocycles. The van der Waals surface area contributed by atoms with Crippen molar-refractivity contribution in [3.63, 3.8) is 0 Å². The van der Waals surface area contributed by atoms with Crippen LogP contribution in [0.15, 0.2) is 54.1 Å².